The van der Waals surface area contributed by atoms with E-state index in [4.69, 9.17) is 4.74 Å². The van der Waals surface area contributed by atoms with Crippen LogP contribution in [-0.2, 0) is 4.74 Å². The van der Waals surface area contributed by atoms with Gasteiger partial charge in [-0.25, -0.2) is 0 Å². The number of rotatable bonds is 2. The zero-order valence-corrected chi connectivity index (χ0v) is 15.6. The Hall–Kier alpha value is -2.26. The molecule has 0 amide bonds. The molecule has 5 unspecified atom stereocenters. The Morgan fingerprint density at radius 1 is 1.12 bits per heavy atom. The molecule has 0 radical (unpaired) electrons. The minimum Gasteiger partial charge on any atom is -0.365 e. The van der Waals surface area contributed by atoms with Crippen LogP contribution in [0, 0.1) is 11.3 Å². The summed E-state index contributed by atoms with van der Waals surface area (Å²) in [4.78, 5) is 2.48. The van der Waals surface area contributed by atoms with Gasteiger partial charge in [0.1, 0.15) is 6.17 Å². The maximum Gasteiger partial charge on any atom is 0.125 e. The van der Waals surface area contributed by atoms with Crippen LogP contribution in [0.2, 0.25) is 0 Å². The number of allylic oxidation sites excluding steroid dienone is 4. The molecule has 2 aliphatic heterocycles. The maximum atomic E-state index is 6.60. The molecule has 0 saturated carbocycles. The Morgan fingerprint density at radius 2 is 1.96 bits per heavy atom. The molecule has 134 valence electrons. The molecule has 1 aromatic carbocycles. The first-order chi connectivity index (χ1) is 12.6. The van der Waals surface area contributed by atoms with Crippen molar-refractivity contribution in [3.63, 3.8) is 0 Å². The molecular weight excluding hydrogens is 320 g/mol. The minimum absolute atomic E-state index is 0.0313. The maximum absolute atomic E-state index is 6.60. The highest BCUT2D eigenvalue weighted by Gasteiger charge is 2.53. The highest BCUT2D eigenvalue weighted by Crippen LogP contribution is 2.52. The van der Waals surface area contributed by atoms with Gasteiger partial charge >= 0.3 is 0 Å². The van der Waals surface area contributed by atoms with E-state index < -0.39 is 0 Å². The van der Waals surface area contributed by atoms with E-state index in [2.05, 4.69) is 97.8 Å². The lowest BCUT2D eigenvalue weighted by atomic mass is 9.69. The van der Waals surface area contributed by atoms with Crippen LogP contribution >= 0.6 is 0 Å². The van der Waals surface area contributed by atoms with Gasteiger partial charge in [-0.05, 0) is 26.0 Å². The lowest BCUT2D eigenvalue weighted by Gasteiger charge is -2.37. The average Bonchev–Trinajstić information content (AvgIpc) is 3.17. The third-order valence-electron chi connectivity index (χ3n) is 6.36. The summed E-state index contributed by atoms with van der Waals surface area (Å²) >= 11 is 0. The molecule has 2 aliphatic carbocycles. The summed E-state index contributed by atoms with van der Waals surface area (Å²) in [5.74, 6) is 0.369. The molecule has 5 rings (SSSR count). The summed E-state index contributed by atoms with van der Waals surface area (Å²) in [5, 5.41) is 3.75. The summed E-state index contributed by atoms with van der Waals surface area (Å²) in [5.41, 5.74) is 3.85. The van der Waals surface area contributed by atoms with Crippen LogP contribution < -0.4 is 10.2 Å². The van der Waals surface area contributed by atoms with Crippen LogP contribution in [0.15, 0.2) is 72.4 Å². The van der Waals surface area contributed by atoms with Crippen molar-refractivity contribution in [2.24, 2.45) is 11.3 Å². The molecule has 1 fully saturated rings. The standard InChI is InChI=1S/C23H26N2O/c1-15(2)25-19-12-5-4-11-18(19)24-22(25)16-9-8-10-17-21(16)26-20-13-6-7-14-23(17,20)3/h4-15,17,20-22,24H,1-3H3. The first-order valence-corrected chi connectivity index (χ1v) is 9.63. The molecule has 2 heterocycles. The van der Waals surface area contributed by atoms with Crippen molar-refractivity contribution in [2.45, 2.75) is 45.2 Å². The number of benzene rings is 1. The van der Waals surface area contributed by atoms with Crippen molar-refractivity contribution in [1.82, 2.24) is 0 Å². The summed E-state index contributed by atoms with van der Waals surface area (Å²) < 4.78 is 6.60. The van der Waals surface area contributed by atoms with Crippen molar-refractivity contribution < 1.29 is 4.74 Å². The number of hydrogen-bond donors (Lipinski definition) is 1. The van der Waals surface area contributed by atoms with Gasteiger partial charge < -0.3 is 15.0 Å². The fourth-order valence-electron chi connectivity index (χ4n) is 5.01. The quantitative estimate of drug-likeness (QED) is 0.842. The van der Waals surface area contributed by atoms with Crippen LogP contribution in [0.5, 0.6) is 0 Å². The Kier molecular flexibility index (Phi) is 3.45. The van der Waals surface area contributed by atoms with E-state index in [1.807, 2.05) is 0 Å². The van der Waals surface area contributed by atoms with Gasteiger partial charge in [-0.2, -0.15) is 0 Å². The zero-order valence-electron chi connectivity index (χ0n) is 15.6. The number of nitrogens with one attached hydrogen (secondary N) is 1. The fraction of sp³-hybridized carbons (Fsp3) is 0.391. The van der Waals surface area contributed by atoms with Crippen LogP contribution in [0.4, 0.5) is 11.4 Å². The largest absolute Gasteiger partial charge is 0.365 e. The third-order valence-corrected chi connectivity index (χ3v) is 6.36. The van der Waals surface area contributed by atoms with Crippen molar-refractivity contribution >= 4 is 11.4 Å². The highest BCUT2D eigenvalue weighted by atomic mass is 16.5. The number of anilines is 2. The molecule has 1 saturated heterocycles. The number of fused-ring (bicyclic) bond motifs is 4. The lowest BCUT2D eigenvalue weighted by molar-refractivity contribution is 0.0684. The normalized spacial score (nSPS) is 36.6. The van der Waals surface area contributed by atoms with Crippen molar-refractivity contribution in [3.8, 4) is 0 Å². The van der Waals surface area contributed by atoms with E-state index in [0.717, 1.165) is 0 Å². The molecule has 1 aromatic rings. The average molecular weight is 346 g/mol. The minimum atomic E-state index is 0.0313. The van der Waals surface area contributed by atoms with Crippen LogP contribution in [-0.4, -0.2) is 24.4 Å². The first kappa shape index (κ1) is 16.0. The lowest BCUT2D eigenvalue weighted by Crippen LogP contribution is -2.46. The van der Waals surface area contributed by atoms with Gasteiger partial charge in [-0.1, -0.05) is 61.6 Å². The Morgan fingerprint density at radius 3 is 2.81 bits per heavy atom. The highest BCUT2D eigenvalue weighted by molar-refractivity contribution is 5.78. The summed E-state index contributed by atoms with van der Waals surface area (Å²) in [6, 6.07) is 9.00. The van der Waals surface area contributed by atoms with Crippen molar-refractivity contribution in [1.29, 1.82) is 0 Å². The van der Waals surface area contributed by atoms with E-state index >= 15 is 0 Å². The molecule has 3 heteroatoms. The Bertz CT molecular complexity index is 850. The number of ether oxygens (including phenoxy) is 1. The van der Waals surface area contributed by atoms with E-state index in [0.29, 0.717) is 12.0 Å². The van der Waals surface area contributed by atoms with Gasteiger partial charge in [-0.3, -0.25) is 0 Å². The first-order valence-electron chi connectivity index (χ1n) is 9.63. The number of para-hydroxylation sites is 2. The topological polar surface area (TPSA) is 24.5 Å². The molecule has 26 heavy (non-hydrogen) atoms. The second-order valence-electron chi connectivity index (χ2n) is 8.23. The van der Waals surface area contributed by atoms with Crippen LogP contribution in [0.3, 0.4) is 0 Å². The van der Waals surface area contributed by atoms with Gasteiger partial charge in [0.05, 0.1) is 23.6 Å². The Balaban J connectivity index is 1.53. The summed E-state index contributed by atoms with van der Waals surface area (Å²) in [6.07, 6.45) is 16.0. The zero-order chi connectivity index (χ0) is 17.9. The van der Waals surface area contributed by atoms with Crippen molar-refractivity contribution in [3.05, 3.63) is 72.4 Å². The predicted molar refractivity (Wildman–Crippen MR) is 107 cm³/mol. The predicted octanol–water partition coefficient (Wildman–Crippen LogP) is 4.67. The molecule has 0 aromatic heterocycles. The second kappa shape index (κ2) is 5.62. The molecular formula is C23H26N2O. The summed E-state index contributed by atoms with van der Waals surface area (Å²) in [6.45, 7) is 6.85. The van der Waals surface area contributed by atoms with Crippen LogP contribution in [0.25, 0.3) is 0 Å². The number of nitrogens with zero attached hydrogens (tertiary/aromatic N) is 1. The summed E-state index contributed by atoms with van der Waals surface area (Å²) in [7, 11) is 0. The fourth-order valence-corrected chi connectivity index (χ4v) is 5.01. The van der Waals surface area contributed by atoms with E-state index in [1.165, 1.54) is 16.9 Å². The number of hydrogen-bond acceptors (Lipinski definition) is 3. The van der Waals surface area contributed by atoms with Crippen LogP contribution in [0.1, 0.15) is 20.8 Å². The van der Waals surface area contributed by atoms with E-state index in [9.17, 15) is 0 Å². The second-order valence-corrected chi connectivity index (χ2v) is 8.23. The van der Waals surface area contributed by atoms with E-state index in [1.54, 1.807) is 0 Å². The molecule has 5 atom stereocenters. The molecule has 0 bridgehead atoms. The van der Waals surface area contributed by atoms with E-state index in [-0.39, 0.29) is 23.8 Å². The molecule has 3 nitrogen and oxygen atoms in total. The van der Waals surface area contributed by atoms with Gasteiger partial charge in [0, 0.05) is 22.9 Å². The van der Waals surface area contributed by atoms with Gasteiger partial charge in [0.2, 0.25) is 0 Å². The third kappa shape index (κ3) is 2.10. The van der Waals surface area contributed by atoms with Gasteiger partial charge in [-0.15, -0.1) is 0 Å². The van der Waals surface area contributed by atoms with Crippen molar-refractivity contribution in [2.75, 3.05) is 10.2 Å². The Labute approximate surface area is 155 Å². The molecule has 4 aliphatic rings. The molecule has 0 spiro atoms. The van der Waals surface area contributed by atoms with Gasteiger partial charge in [0.15, 0.2) is 0 Å². The smallest absolute Gasteiger partial charge is 0.125 e. The SMILES string of the molecule is CC(C)N1c2ccccc2NC1C1=CC=CC2C1OC1C=CC=CC12C. The van der Waals surface area contributed by atoms with Gasteiger partial charge in [0.25, 0.3) is 0 Å². The monoisotopic (exact) mass is 346 g/mol. The molecule has 1 N–H and O–H groups in total.